The Kier molecular flexibility index (Phi) is 3.48. The third kappa shape index (κ3) is 2.82. The maximum atomic E-state index is 10.6. The van der Waals surface area contributed by atoms with E-state index < -0.39 is 4.92 Å². The van der Waals surface area contributed by atoms with E-state index in [-0.39, 0.29) is 5.69 Å². The topological polar surface area (TPSA) is 43.1 Å². The molecule has 3 heteroatoms. The van der Waals surface area contributed by atoms with Gasteiger partial charge in [0, 0.05) is 12.1 Å². The summed E-state index contributed by atoms with van der Waals surface area (Å²) < 4.78 is 0. The summed E-state index contributed by atoms with van der Waals surface area (Å²) in [6.45, 7) is 0. The molecule has 0 atom stereocenters. The van der Waals surface area contributed by atoms with Crippen LogP contribution in [0.25, 0.3) is 22.9 Å². The molecule has 3 aromatic rings. The quantitative estimate of drug-likeness (QED) is 0.387. The van der Waals surface area contributed by atoms with Crippen LogP contribution in [0.15, 0.2) is 66.7 Å². The van der Waals surface area contributed by atoms with Gasteiger partial charge in [-0.05, 0) is 34.0 Å². The summed E-state index contributed by atoms with van der Waals surface area (Å²) in [7, 11) is 0. The second kappa shape index (κ2) is 5.59. The number of hydrogen-bond donors (Lipinski definition) is 0. The SMILES string of the molecule is O=[N+]([O-])c1ccc(/C=C\c2cccc3ccccc23)cc1. The van der Waals surface area contributed by atoms with E-state index in [9.17, 15) is 10.1 Å². The van der Waals surface area contributed by atoms with Gasteiger partial charge in [-0.1, -0.05) is 54.6 Å². The van der Waals surface area contributed by atoms with Crippen molar-refractivity contribution in [1.82, 2.24) is 0 Å². The first-order chi connectivity index (χ1) is 10.2. The molecular weight excluding hydrogens is 262 g/mol. The first kappa shape index (κ1) is 13.1. The number of nitrogens with zero attached hydrogens (tertiary/aromatic N) is 1. The average Bonchev–Trinajstić information content (AvgIpc) is 2.53. The number of hydrogen-bond acceptors (Lipinski definition) is 2. The molecule has 0 aliphatic carbocycles. The highest BCUT2D eigenvalue weighted by Gasteiger charge is 2.02. The van der Waals surface area contributed by atoms with Crippen molar-refractivity contribution in [3.8, 4) is 0 Å². The Morgan fingerprint density at radius 2 is 1.52 bits per heavy atom. The van der Waals surface area contributed by atoms with Crippen LogP contribution < -0.4 is 0 Å². The molecule has 0 aliphatic heterocycles. The molecule has 0 saturated carbocycles. The molecule has 0 amide bonds. The smallest absolute Gasteiger partial charge is 0.258 e. The minimum absolute atomic E-state index is 0.109. The van der Waals surface area contributed by atoms with Gasteiger partial charge in [0.15, 0.2) is 0 Å². The zero-order valence-electron chi connectivity index (χ0n) is 11.3. The van der Waals surface area contributed by atoms with Gasteiger partial charge in [-0.25, -0.2) is 0 Å². The lowest BCUT2D eigenvalue weighted by atomic mass is 10.0. The van der Waals surface area contributed by atoms with Crippen LogP contribution in [-0.2, 0) is 0 Å². The minimum Gasteiger partial charge on any atom is -0.258 e. The molecule has 0 radical (unpaired) electrons. The molecule has 0 spiro atoms. The normalized spacial score (nSPS) is 11.0. The van der Waals surface area contributed by atoms with Crippen LogP contribution in [0.4, 0.5) is 5.69 Å². The molecule has 0 N–H and O–H groups in total. The van der Waals surface area contributed by atoms with Crippen molar-refractivity contribution in [2.45, 2.75) is 0 Å². The summed E-state index contributed by atoms with van der Waals surface area (Å²) in [6.07, 6.45) is 4.00. The van der Waals surface area contributed by atoms with Gasteiger partial charge in [0.2, 0.25) is 0 Å². The molecule has 0 aliphatic rings. The Bertz CT molecular complexity index is 815. The fourth-order valence-corrected chi connectivity index (χ4v) is 2.29. The molecule has 0 saturated heterocycles. The van der Waals surface area contributed by atoms with E-state index in [2.05, 4.69) is 24.3 Å². The zero-order valence-corrected chi connectivity index (χ0v) is 11.3. The van der Waals surface area contributed by atoms with E-state index in [0.717, 1.165) is 11.1 Å². The van der Waals surface area contributed by atoms with E-state index >= 15 is 0 Å². The summed E-state index contributed by atoms with van der Waals surface area (Å²) in [5, 5.41) is 13.0. The standard InChI is InChI=1S/C18H13NO2/c20-19(21)17-12-9-14(10-13-17)8-11-16-6-3-5-15-4-1-2-7-18(15)16/h1-13H/b11-8-. The van der Waals surface area contributed by atoms with Gasteiger partial charge < -0.3 is 0 Å². The van der Waals surface area contributed by atoms with Crippen molar-refractivity contribution < 1.29 is 4.92 Å². The summed E-state index contributed by atoms with van der Waals surface area (Å²) in [6, 6.07) is 20.9. The lowest BCUT2D eigenvalue weighted by Gasteiger charge is -2.01. The number of nitro groups is 1. The lowest BCUT2D eigenvalue weighted by molar-refractivity contribution is -0.384. The maximum Gasteiger partial charge on any atom is 0.269 e. The Morgan fingerprint density at radius 3 is 2.29 bits per heavy atom. The van der Waals surface area contributed by atoms with Gasteiger partial charge in [-0.3, -0.25) is 10.1 Å². The van der Waals surface area contributed by atoms with E-state index in [1.807, 2.05) is 30.4 Å². The summed E-state index contributed by atoms with van der Waals surface area (Å²) >= 11 is 0. The highest BCUT2D eigenvalue weighted by atomic mass is 16.6. The second-order valence-electron chi connectivity index (χ2n) is 4.75. The Balaban J connectivity index is 1.92. The predicted octanol–water partition coefficient (Wildman–Crippen LogP) is 4.92. The van der Waals surface area contributed by atoms with E-state index in [1.54, 1.807) is 12.1 Å². The fourth-order valence-electron chi connectivity index (χ4n) is 2.29. The van der Waals surface area contributed by atoms with Crippen molar-refractivity contribution in [2.75, 3.05) is 0 Å². The lowest BCUT2D eigenvalue weighted by Crippen LogP contribution is -1.86. The fraction of sp³-hybridized carbons (Fsp3) is 0. The van der Waals surface area contributed by atoms with Gasteiger partial charge in [0.25, 0.3) is 5.69 Å². The van der Waals surface area contributed by atoms with Crippen molar-refractivity contribution in [2.24, 2.45) is 0 Å². The first-order valence-corrected chi connectivity index (χ1v) is 6.64. The van der Waals surface area contributed by atoms with Crippen LogP contribution in [-0.4, -0.2) is 4.92 Å². The van der Waals surface area contributed by atoms with Gasteiger partial charge in [-0.2, -0.15) is 0 Å². The van der Waals surface area contributed by atoms with Crippen LogP contribution in [0.2, 0.25) is 0 Å². The van der Waals surface area contributed by atoms with Crippen molar-refractivity contribution in [3.63, 3.8) is 0 Å². The maximum absolute atomic E-state index is 10.6. The number of benzene rings is 3. The third-order valence-electron chi connectivity index (χ3n) is 3.38. The Labute approximate surface area is 122 Å². The van der Waals surface area contributed by atoms with Crippen molar-refractivity contribution >= 4 is 28.6 Å². The first-order valence-electron chi connectivity index (χ1n) is 6.64. The average molecular weight is 275 g/mol. The monoisotopic (exact) mass is 275 g/mol. The summed E-state index contributed by atoms with van der Waals surface area (Å²) in [4.78, 5) is 10.2. The van der Waals surface area contributed by atoms with Crippen LogP contribution in [0, 0.1) is 10.1 Å². The van der Waals surface area contributed by atoms with E-state index in [0.29, 0.717) is 0 Å². The van der Waals surface area contributed by atoms with Crippen LogP contribution >= 0.6 is 0 Å². The van der Waals surface area contributed by atoms with Crippen molar-refractivity contribution in [1.29, 1.82) is 0 Å². The van der Waals surface area contributed by atoms with Crippen LogP contribution in [0.3, 0.4) is 0 Å². The molecule has 0 heterocycles. The molecule has 0 bridgehead atoms. The summed E-state index contributed by atoms with van der Waals surface area (Å²) in [5.74, 6) is 0. The van der Waals surface area contributed by atoms with Crippen molar-refractivity contribution in [3.05, 3.63) is 88.0 Å². The molecule has 21 heavy (non-hydrogen) atoms. The zero-order chi connectivity index (χ0) is 14.7. The number of non-ortho nitro benzene ring substituents is 1. The van der Waals surface area contributed by atoms with E-state index in [4.69, 9.17) is 0 Å². The highest BCUT2D eigenvalue weighted by molar-refractivity contribution is 5.92. The Morgan fingerprint density at radius 1 is 0.810 bits per heavy atom. The molecule has 3 aromatic carbocycles. The Hall–Kier alpha value is -2.94. The molecular formula is C18H13NO2. The number of nitro benzene ring substituents is 1. The van der Waals surface area contributed by atoms with Crippen LogP contribution in [0.1, 0.15) is 11.1 Å². The minimum atomic E-state index is -0.391. The largest absolute Gasteiger partial charge is 0.269 e. The van der Waals surface area contributed by atoms with E-state index in [1.165, 1.54) is 22.9 Å². The van der Waals surface area contributed by atoms with Gasteiger partial charge in [0.05, 0.1) is 4.92 Å². The third-order valence-corrected chi connectivity index (χ3v) is 3.38. The number of rotatable bonds is 3. The molecule has 0 aromatic heterocycles. The summed E-state index contributed by atoms with van der Waals surface area (Å²) in [5.41, 5.74) is 2.18. The predicted molar refractivity (Wildman–Crippen MR) is 86.0 cm³/mol. The van der Waals surface area contributed by atoms with Crippen LogP contribution in [0.5, 0.6) is 0 Å². The molecule has 0 fully saturated rings. The van der Waals surface area contributed by atoms with Gasteiger partial charge >= 0.3 is 0 Å². The second-order valence-corrected chi connectivity index (χ2v) is 4.75. The number of fused-ring (bicyclic) bond motifs is 1. The molecule has 3 nitrogen and oxygen atoms in total. The van der Waals surface area contributed by atoms with Gasteiger partial charge in [0.1, 0.15) is 0 Å². The molecule has 3 rings (SSSR count). The van der Waals surface area contributed by atoms with Gasteiger partial charge in [-0.15, -0.1) is 0 Å². The highest BCUT2D eigenvalue weighted by Crippen LogP contribution is 2.21. The molecule has 102 valence electrons. The molecule has 0 unspecified atom stereocenters.